The number of hydrogen-bond donors (Lipinski definition) is 1. The van der Waals surface area contributed by atoms with Crippen LogP contribution in [0.3, 0.4) is 0 Å². The Hall–Kier alpha value is -2.63. The number of nitrogens with zero attached hydrogens (tertiary/aromatic N) is 4. The van der Waals surface area contributed by atoms with Crippen molar-refractivity contribution in [3.63, 3.8) is 0 Å². The highest BCUT2D eigenvalue weighted by Crippen LogP contribution is 2.25. The van der Waals surface area contributed by atoms with Gasteiger partial charge in [-0.15, -0.1) is 10.2 Å². The first-order chi connectivity index (χ1) is 15.0. The normalized spacial score (nSPS) is 20.4. The van der Waals surface area contributed by atoms with Gasteiger partial charge in [0.05, 0.1) is 12.0 Å². The summed E-state index contributed by atoms with van der Waals surface area (Å²) in [6.45, 7) is 10.0. The molecule has 0 unspecified atom stereocenters. The molecule has 1 amide bonds. The maximum absolute atomic E-state index is 13.0. The first kappa shape index (κ1) is 21.6. The van der Waals surface area contributed by atoms with Crippen molar-refractivity contribution in [2.45, 2.75) is 58.9 Å². The topological polar surface area (TPSA) is 61.4 Å². The van der Waals surface area contributed by atoms with E-state index in [1.54, 1.807) is 0 Å². The molecule has 31 heavy (non-hydrogen) atoms. The van der Waals surface area contributed by atoms with Crippen LogP contribution < -0.4 is 15.1 Å². The van der Waals surface area contributed by atoms with Gasteiger partial charge in [-0.05, 0) is 76.1 Å². The number of hydrogen-bond acceptors (Lipinski definition) is 5. The van der Waals surface area contributed by atoms with Crippen LogP contribution in [-0.4, -0.2) is 42.3 Å². The Morgan fingerprint density at radius 3 is 2.32 bits per heavy atom. The maximum Gasteiger partial charge on any atom is 0.225 e. The average Bonchev–Trinajstić information content (AvgIpc) is 2.80. The number of anilines is 2. The first-order valence-corrected chi connectivity index (χ1v) is 11.7. The molecular weight excluding hydrogens is 386 g/mol. The zero-order chi connectivity index (χ0) is 21.8. The Morgan fingerprint density at radius 1 is 0.968 bits per heavy atom. The molecular formula is C25H35N5O. The van der Waals surface area contributed by atoms with Crippen LogP contribution >= 0.6 is 0 Å². The highest BCUT2D eigenvalue weighted by molar-refractivity contribution is 5.80. The van der Waals surface area contributed by atoms with E-state index in [0.29, 0.717) is 6.54 Å². The molecule has 1 aromatic carbocycles. The van der Waals surface area contributed by atoms with E-state index in [0.717, 1.165) is 44.1 Å². The summed E-state index contributed by atoms with van der Waals surface area (Å²) in [7, 11) is 0. The minimum atomic E-state index is -0.0227. The fourth-order valence-corrected chi connectivity index (χ4v) is 4.90. The molecule has 0 bridgehead atoms. The van der Waals surface area contributed by atoms with Gasteiger partial charge in [0.1, 0.15) is 0 Å². The van der Waals surface area contributed by atoms with Gasteiger partial charge in [0, 0.05) is 26.2 Å². The van der Waals surface area contributed by atoms with E-state index in [1.165, 1.54) is 36.0 Å². The lowest BCUT2D eigenvalue weighted by Crippen LogP contribution is -2.44. The monoisotopic (exact) mass is 421 g/mol. The predicted molar refractivity (Wildman–Crippen MR) is 126 cm³/mol. The Morgan fingerprint density at radius 2 is 1.65 bits per heavy atom. The molecule has 6 heteroatoms. The lowest BCUT2D eigenvalue weighted by Gasteiger charge is -2.33. The highest BCUT2D eigenvalue weighted by Gasteiger charge is 2.28. The van der Waals surface area contributed by atoms with E-state index in [4.69, 9.17) is 0 Å². The summed E-state index contributed by atoms with van der Waals surface area (Å²) in [6.07, 6.45) is 5.67. The molecule has 2 aliphatic rings. The number of benzene rings is 1. The second-order valence-corrected chi connectivity index (χ2v) is 9.17. The summed E-state index contributed by atoms with van der Waals surface area (Å²) in [5.74, 6) is 1.96. The van der Waals surface area contributed by atoms with Crippen LogP contribution in [0.1, 0.15) is 61.8 Å². The number of carbonyl (C=O) groups excluding carboxylic acids is 1. The molecule has 4 rings (SSSR count). The fourth-order valence-electron chi connectivity index (χ4n) is 4.90. The third kappa shape index (κ3) is 5.17. The average molecular weight is 422 g/mol. The summed E-state index contributed by atoms with van der Waals surface area (Å²) in [5, 5.41) is 12.2. The standard InChI is InChI=1S/C25H35N5O/c1-18-9-10-22(19(2)16-18)20(3)26-25(31)21-8-7-15-30(17-21)24-12-11-23(27-28-24)29-13-5-4-6-14-29/h9-12,16,20-21H,4-8,13-15,17H2,1-3H3,(H,26,31)/t20-,21+/m0/s1. The van der Waals surface area contributed by atoms with Gasteiger partial charge in [0.25, 0.3) is 0 Å². The van der Waals surface area contributed by atoms with Crippen molar-refractivity contribution >= 4 is 17.5 Å². The molecule has 0 saturated carbocycles. The molecule has 3 heterocycles. The maximum atomic E-state index is 13.0. The smallest absolute Gasteiger partial charge is 0.225 e. The minimum absolute atomic E-state index is 0.00657. The number of carbonyl (C=O) groups is 1. The van der Waals surface area contributed by atoms with Crippen molar-refractivity contribution in [1.82, 2.24) is 15.5 Å². The van der Waals surface area contributed by atoms with Gasteiger partial charge in [-0.25, -0.2) is 0 Å². The van der Waals surface area contributed by atoms with E-state index < -0.39 is 0 Å². The van der Waals surface area contributed by atoms with Crippen LogP contribution in [-0.2, 0) is 4.79 Å². The van der Waals surface area contributed by atoms with Crippen LogP contribution in [0.5, 0.6) is 0 Å². The number of amides is 1. The molecule has 0 radical (unpaired) electrons. The second-order valence-electron chi connectivity index (χ2n) is 9.17. The van der Waals surface area contributed by atoms with Crippen molar-refractivity contribution in [3.05, 3.63) is 47.0 Å². The van der Waals surface area contributed by atoms with Crippen molar-refractivity contribution in [2.75, 3.05) is 36.0 Å². The predicted octanol–water partition coefficient (Wildman–Crippen LogP) is 4.18. The van der Waals surface area contributed by atoms with Crippen molar-refractivity contribution in [2.24, 2.45) is 5.92 Å². The number of aryl methyl sites for hydroxylation is 2. The SMILES string of the molecule is Cc1ccc([C@H](C)NC(=O)[C@@H]2CCCN(c3ccc(N4CCCCC4)nn3)C2)c(C)c1. The van der Waals surface area contributed by atoms with Crippen molar-refractivity contribution in [3.8, 4) is 0 Å². The number of piperidine rings is 2. The van der Waals surface area contributed by atoms with Gasteiger partial charge in [-0.1, -0.05) is 23.8 Å². The van der Waals surface area contributed by atoms with Gasteiger partial charge in [-0.3, -0.25) is 4.79 Å². The van der Waals surface area contributed by atoms with Crippen molar-refractivity contribution in [1.29, 1.82) is 0 Å². The van der Waals surface area contributed by atoms with Gasteiger partial charge in [-0.2, -0.15) is 0 Å². The Balaban J connectivity index is 1.37. The fraction of sp³-hybridized carbons (Fsp3) is 0.560. The Bertz CT molecular complexity index is 891. The molecule has 0 aliphatic carbocycles. The summed E-state index contributed by atoms with van der Waals surface area (Å²) >= 11 is 0. The molecule has 2 saturated heterocycles. The Kier molecular flexibility index (Phi) is 6.73. The molecule has 0 spiro atoms. The van der Waals surface area contributed by atoms with E-state index in [9.17, 15) is 4.79 Å². The molecule has 1 N–H and O–H groups in total. The van der Waals surface area contributed by atoms with E-state index in [2.05, 4.69) is 76.4 Å². The zero-order valence-corrected chi connectivity index (χ0v) is 19.1. The van der Waals surface area contributed by atoms with Crippen LogP contribution in [0, 0.1) is 19.8 Å². The van der Waals surface area contributed by atoms with E-state index >= 15 is 0 Å². The first-order valence-electron chi connectivity index (χ1n) is 11.7. The second kappa shape index (κ2) is 9.67. The molecule has 2 aromatic rings. The lowest BCUT2D eigenvalue weighted by atomic mass is 9.95. The molecule has 1 aromatic heterocycles. The van der Waals surface area contributed by atoms with E-state index in [-0.39, 0.29) is 17.9 Å². The summed E-state index contributed by atoms with van der Waals surface area (Å²) in [5.41, 5.74) is 3.66. The van der Waals surface area contributed by atoms with Gasteiger partial charge < -0.3 is 15.1 Å². The molecule has 6 nitrogen and oxygen atoms in total. The summed E-state index contributed by atoms with van der Waals surface area (Å²) in [6, 6.07) is 10.6. The molecule has 166 valence electrons. The van der Waals surface area contributed by atoms with Crippen molar-refractivity contribution < 1.29 is 4.79 Å². The molecule has 2 atom stereocenters. The number of nitrogens with one attached hydrogen (secondary N) is 1. The third-order valence-corrected chi connectivity index (χ3v) is 6.68. The van der Waals surface area contributed by atoms with Crippen LogP contribution in [0.25, 0.3) is 0 Å². The Labute approximate surface area is 186 Å². The quantitative estimate of drug-likeness (QED) is 0.785. The zero-order valence-electron chi connectivity index (χ0n) is 19.1. The highest BCUT2D eigenvalue weighted by atomic mass is 16.2. The number of aromatic nitrogens is 2. The van der Waals surface area contributed by atoms with Crippen LogP contribution in [0.2, 0.25) is 0 Å². The van der Waals surface area contributed by atoms with Crippen LogP contribution in [0.4, 0.5) is 11.6 Å². The molecule has 2 aliphatic heterocycles. The largest absolute Gasteiger partial charge is 0.355 e. The van der Waals surface area contributed by atoms with Gasteiger partial charge in [0.15, 0.2) is 11.6 Å². The summed E-state index contributed by atoms with van der Waals surface area (Å²) < 4.78 is 0. The van der Waals surface area contributed by atoms with Gasteiger partial charge >= 0.3 is 0 Å². The molecule has 2 fully saturated rings. The lowest BCUT2D eigenvalue weighted by molar-refractivity contribution is -0.125. The van der Waals surface area contributed by atoms with Crippen LogP contribution in [0.15, 0.2) is 30.3 Å². The minimum Gasteiger partial charge on any atom is -0.355 e. The number of rotatable bonds is 5. The van der Waals surface area contributed by atoms with E-state index in [1.807, 2.05) is 0 Å². The third-order valence-electron chi connectivity index (χ3n) is 6.68. The van der Waals surface area contributed by atoms with Gasteiger partial charge in [0.2, 0.25) is 5.91 Å². The summed E-state index contributed by atoms with van der Waals surface area (Å²) in [4.78, 5) is 17.5.